The molecule has 24 heavy (non-hydrogen) atoms. The summed E-state index contributed by atoms with van der Waals surface area (Å²) in [6, 6.07) is 17.7. The number of halogens is 1. The summed E-state index contributed by atoms with van der Waals surface area (Å²) >= 11 is 5.84. The Morgan fingerprint density at radius 2 is 1.83 bits per heavy atom. The Balaban J connectivity index is 1.45. The van der Waals surface area contributed by atoms with Crippen LogP contribution in [0.2, 0.25) is 5.02 Å². The lowest BCUT2D eigenvalue weighted by Gasteiger charge is -2.28. The molecule has 1 aliphatic heterocycles. The number of aliphatic hydroxyl groups is 1. The normalized spacial score (nSPS) is 16.5. The standard InChI is InChI=1S/C20H22ClNO2/c21-18-6-8-20(9-7-18)24-15-19(23)14-22-12-10-17(11-13-22)16-4-2-1-3-5-16/h1-10,19,23H,11-15H2. The third-order valence-electron chi connectivity index (χ3n) is 4.16. The Kier molecular flexibility index (Phi) is 5.91. The Hall–Kier alpha value is -1.81. The zero-order valence-electron chi connectivity index (χ0n) is 13.6. The zero-order valence-corrected chi connectivity index (χ0v) is 14.3. The first kappa shape index (κ1) is 17.0. The molecule has 2 aromatic rings. The highest BCUT2D eigenvalue weighted by molar-refractivity contribution is 6.30. The van der Waals surface area contributed by atoms with E-state index in [-0.39, 0.29) is 6.61 Å². The Morgan fingerprint density at radius 3 is 2.50 bits per heavy atom. The number of nitrogens with zero attached hydrogens (tertiary/aromatic N) is 1. The fourth-order valence-corrected chi connectivity index (χ4v) is 2.99. The molecule has 4 heteroatoms. The third-order valence-corrected chi connectivity index (χ3v) is 4.41. The van der Waals surface area contributed by atoms with Crippen LogP contribution in [0.3, 0.4) is 0 Å². The highest BCUT2D eigenvalue weighted by Gasteiger charge is 2.16. The van der Waals surface area contributed by atoms with Crippen LogP contribution in [-0.2, 0) is 0 Å². The molecule has 0 saturated heterocycles. The molecule has 2 aromatic carbocycles. The maximum atomic E-state index is 10.2. The molecule has 0 radical (unpaired) electrons. The van der Waals surface area contributed by atoms with E-state index in [1.54, 1.807) is 12.1 Å². The van der Waals surface area contributed by atoms with Crippen LogP contribution < -0.4 is 4.74 Å². The zero-order chi connectivity index (χ0) is 16.8. The van der Waals surface area contributed by atoms with Crippen LogP contribution >= 0.6 is 11.6 Å². The molecule has 1 atom stereocenters. The molecule has 0 aliphatic carbocycles. The van der Waals surface area contributed by atoms with E-state index in [9.17, 15) is 5.11 Å². The third kappa shape index (κ3) is 4.84. The van der Waals surface area contributed by atoms with Gasteiger partial charge in [-0.15, -0.1) is 0 Å². The highest BCUT2D eigenvalue weighted by atomic mass is 35.5. The molecule has 0 aromatic heterocycles. The van der Waals surface area contributed by atoms with Crippen molar-refractivity contribution in [3.8, 4) is 5.75 Å². The van der Waals surface area contributed by atoms with E-state index in [0.717, 1.165) is 25.3 Å². The Labute approximate surface area is 148 Å². The predicted molar refractivity (Wildman–Crippen MR) is 98.4 cm³/mol. The number of hydrogen-bond donors (Lipinski definition) is 1. The second kappa shape index (κ2) is 8.34. The van der Waals surface area contributed by atoms with Gasteiger partial charge < -0.3 is 9.84 Å². The molecule has 1 unspecified atom stereocenters. The Morgan fingerprint density at radius 1 is 1.08 bits per heavy atom. The molecular formula is C20H22ClNO2. The minimum Gasteiger partial charge on any atom is -0.491 e. The van der Waals surface area contributed by atoms with Crippen molar-refractivity contribution >= 4 is 17.2 Å². The van der Waals surface area contributed by atoms with Gasteiger partial charge in [0.1, 0.15) is 18.5 Å². The summed E-state index contributed by atoms with van der Waals surface area (Å²) in [7, 11) is 0. The SMILES string of the molecule is OC(COc1ccc(Cl)cc1)CN1CC=C(c2ccccc2)CC1. The van der Waals surface area contributed by atoms with Gasteiger partial charge in [0, 0.05) is 24.7 Å². The quantitative estimate of drug-likeness (QED) is 0.864. The van der Waals surface area contributed by atoms with Gasteiger partial charge in [-0.25, -0.2) is 0 Å². The van der Waals surface area contributed by atoms with E-state index in [1.165, 1.54) is 11.1 Å². The summed E-state index contributed by atoms with van der Waals surface area (Å²) in [6.45, 7) is 2.72. The Bertz CT molecular complexity index is 670. The highest BCUT2D eigenvalue weighted by Crippen LogP contribution is 2.22. The summed E-state index contributed by atoms with van der Waals surface area (Å²) in [4.78, 5) is 2.25. The topological polar surface area (TPSA) is 32.7 Å². The average Bonchev–Trinajstić information content (AvgIpc) is 2.63. The fraction of sp³-hybridized carbons (Fsp3) is 0.300. The van der Waals surface area contributed by atoms with Crippen molar-refractivity contribution in [1.82, 2.24) is 4.90 Å². The molecule has 0 bridgehead atoms. The van der Waals surface area contributed by atoms with Gasteiger partial charge in [-0.05, 0) is 41.8 Å². The number of benzene rings is 2. The van der Waals surface area contributed by atoms with Crippen LogP contribution in [0, 0.1) is 0 Å². The van der Waals surface area contributed by atoms with Gasteiger partial charge in [-0.2, -0.15) is 0 Å². The van der Waals surface area contributed by atoms with Crippen molar-refractivity contribution in [3.05, 3.63) is 71.3 Å². The van der Waals surface area contributed by atoms with Crippen molar-refractivity contribution in [2.45, 2.75) is 12.5 Å². The van der Waals surface area contributed by atoms with Gasteiger partial charge in [0.05, 0.1) is 0 Å². The summed E-state index contributed by atoms with van der Waals surface area (Å²) in [5.41, 5.74) is 2.68. The molecule has 3 nitrogen and oxygen atoms in total. The first-order valence-corrected chi connectivity index (χ1v) is 8.62. The first-order valence-electron chi connectivity index (χ1n) is 8.24. The molecule has 0 fully saturated rings. The van der Waals surface area contributed by atoms with Crippen LogP contribution in [0.25, 0.3) is 5.57 Å². The van der Waals surface area contributed by atoms with Crippen molar-refractivity contribution < 1.29 is 9.84 Å². The van der Waals surface area contributed by atoms with E-state index in [1.807, 2.05) is 18.2 Å². The van der Waals surface area contributed by atoms with Crippen molar-refractivity contribution in [2.24, 2.45) is 0 Å². The van der Waals surface area contributed by atoms with Crippen LogP contribution in [0.1, 0.15) is 12.0 Å². The van der Waals surface area contributed by atoms with E-state index >= 15 is 0 Å². The molecular weight excluding hydrogens is 322 g/mol. The molecule has 126 valence electrons. The van der Waals surface area contributed by atoms with Crippen LogP contribution in [0.4, 0.5) is 0 Å². The van der Waals surface area contributed by atoms with E-state index in [2.05, 4.69) is 35.2 Å². The van der Waals surface area contributed by atoms with Crippen LogP contribution in [-0.4, -0.2) is 42.4 Å². The summed E-state index contributed by atoms with van der Waals surface area (Å²) in [5, 5.41) is 10.9. The first-order chi connectivity index (χ1) is 11.7. The van der Waals surface area contributed by atoms with Gasteiger partial charge in [0.15, 0.2) is 0 Å². The number of rotatable bonds is 6. The van der Waals surface area contributed by atoms with E-state index in [4.69, 9.17) is 16.3 Å². The molecule has 0 saturated carbocycles. The molecule has 1 N–H and O–H groups in total. The van der Waals surface area contributed by atoms with Gasteiger partial charge in [-0.1, -0.05) is 48.0 Å². The molecule has 1 heterocycles. The second-order valence-corrected chi connectivity index (χ2v) is 6.46. The maximum absolute atomic E-state index is 10.2. The number of ether oxygens (including phenoxy) is 1. The number of hydrogen-bond acceptors (Lipinski definition) is 3. The summed E-state index contributed by atoms with van der Waals surface area (Å²) < 4.78 is 5.60. The molecule has 3 rings (SSSR count). The van der Waals surface area contributed by atoms with Crippen LogP contribution in [0.5, 0.6) is 5.75 Å². The van der Waals surface area contributed by atoms with Crippen LogP contribution in [0.15, 0.2) is 60.7 Å². The van der Waals surface area contributed by atoms with Crippen molar-refractivity contribution in [1.29, 1.82) is 0 Å². The van der Waals surface area contributed by atoms with Gasteiger partial charge >= 0.3 is 0 Å². The van der Waals surface area contributed by atoms with Gasteiger partial charge in [0.2, 0.25) is 0 Å². The van der Waals surface area contributed by atoms with Gasteiger partial charge in [0.25, 0.3) is 0 Å². The van der Waals surface area contributed by atoms with Crippen molar-refractivity contribution in [2.75, 3.05) is 26.2 Å². The minimum absolute atomic E-state index is 0.285. The maximum Gasteiger partial charge on any atom is 0.119 e. The molecule has 0 spiro atoms. The van der Waals surface area contributed by atoms with E-state index < -0.39 is 6.10 Å². The average molecular weight is 344 g/mol. The lowest BCUT2D eigenvalue weighted by atomic mass is 9.99. The largest absolute Gasteiger partial charge is 0.491 e. The predicted octanol–water partition coefficient (Wildman–Crippen LogP) is 3.87. The second-order valence-electron chi connectivity index (χ2n) is 6.02. The lowest BCUT2D eigenvalue weighted by Crippen LogP contribution is -2.38. The van der Waals surface area contributed by atoms with E-state index in [0.29, 0.717) is 11.6 Å². The summed E-state index contributed by atoms with van der Waals surface area (Å²) in [6.07, 6.45) is 2.76. The number of β-amino-alcohol motifs (C(OH)–C–C–N with tert-alkyl or cyclic N) is 1. The smallest absolute Gasteiger partial charge is 0.119 e. The molecule has 1 aliphatic rings. The minimum atomic E-state index is -0.507. The number of aliphatic hydroxyl groups excluding tert-OH is 1. The lowest BCUT2D eigenvalue weighted by molar-refractivity contribution is 0.0717. The monoisotopic (exact) mass is 343 g/mol. The van der Waals surface area contributed by atoms with Gasteiger partial charge in [-0.3, -0.25) is 4.90 Å². The molecule has 0 amide bonds. The fourth-order valence-electron chi connectivity index (χ4n) is 2.87. The summed E-state index contributed by atoms with van der Waals surface area (Å²) in [5.74, 6) is 0.725. The van der Waals surface area contributed by atoms with Crippen molar-refractivity contribution in [3.63, 3.8) is 0 Å².